The van der Waals surface area contributed by atoms with Gasteiger partial charge in [0.1, 0.15) is 5.82 Å². The minimum atomic E-state index is -4.60. The van der Waals surface area contributed by atoms with Gasteiger partial charge in [0.05, 0.1) is 28.6 Å². The topological polar surface area (TPSA) is 81.1 Å². The molecule has 1 N–H and O–H groups in total. The van der Waals surface area contributed by atoms with Crippen molar-refractivity contribution in [3.8, 4) is 0 Å². The number of aromatic nitrogens is 2. The van der Waals surface area contributed by atoms with Crippen LogP contribution in [0.2, 0.25) is 0 Å². The molecular weight excluding hydrogens is 351 g/mol. The number of carbonyl (C=O) groups excluding carboxylic acids is 2. The van der Waals surface area contributed by atoms with Crippen LogP contribution in [0.3, 0.4) is 0 Å². The van der Waals surface area contributed by atoms with Crippen LogP contribution in [-0.2, 0) is 15.8 Å². The highest BCUT2D eigenvalue weighted by atomic mass is 19.4. The Morgan fingerprint density at radius 2 is 2.08 bits per heavy atom. The van der Waals surface area contributed by atoms with Crippen LogP contribution in [0.4, 0.5) is 13.2 Å². The fourth-order valence-corrected chi connectivity index (χ4v) is 3.37. The predicted octanol–water partition coefficient (Wildman–Crippen LogP) is 1.78. The van der Waals surface area contributed by atoms with E-state index < -0.39 is 29.1 Å². The van der Waals surface area contributed by atoms with Crippen molar-refractivity contribution in [1.82, 2.24) is 14.9 Å². The maximum Gasteiger partial charge on any atom is 0.418 e. The van der Waals surface area contributed by atoms with Gasteiger partial charge in [0.25, 0.3) is 5.56 Å². The zero-order chi connectivity index (χ0) is 19.1. The minimum Gasteiger partial charge on any atom is -0.305 e. The van der Waals surface area contributed by atoms with E-state index in [1.165, 1.54) is 23.6 Å². The van der Waals surface area contributed by atoms with Gasteiger partial charge < -0.3 is 5.32 Å². The van der Waals surface area contributed by atoms with Crippen molar-refractivity contribution in [3.63, 3.8) is 0 Å². The highest BCUT2D eigenvalue weighted by molar-refractivity contribution is 6.27. The largest absolute Gasteiger partial charge is 0.418 e. The van der Waals surface area contributed by atoms with Gasteiger partial charge in [0, 0.05) is 6.54 Å². The molecule has 9 heteroatoms. The summed E-state index contributed by atoms with van der Waals surface area (Å²) >= 11 is 0. The number of piperidine rings is 1. The molecule has 1 aromatic heterocycles. The van der Waals surface area contributed by atoms with E-state index in [0.29, 0.717) is 12.8 Å². The summed E-state index contributed by atoms with van der Waals surface area (Å²) in [6, 6.07) is 2.46. The molecule has 2 atom stereocenters. The number of para-hydroxylation sites is 1. The summed E-state index contributed by atoms with van der Waals surface area (Å²) in [7, 11) is 0. The zero-order valence-electron chi connectivity index (χ0n) is 13.8. The number of benzene rings is 1. The Morgan fingerprint density at radius 3 is 2.65 bits per heavy atom. The van der Waals surface area contributed by atoms with E-state index >= 15 is 0 Å². The molecule has 2 heterocycles. The summed E-state index contributed by atoms with van der Waals surface area (Å²) in [6.45, 7) is 1.73. The minimum absolute atomic E-state index is 0.100. The second-order valence-corrected chi connectivity index (χ2v) is 6.25. The highest BCUT2D eigenvalue weighted by Gasteiger charge is 2.34. The van der Waals surface area contributed by atoms with Crippen molar-refractivity contribution in [2.75, 3.05) is 6.54 Å². The van der Waals surface area contributed by atoms with Gasteiger partial charge >= 0.3 is 6.18 Å². The fourth-order valence-electron chi connectivity index (χ4n) is 3.37. The van der Waals surface area contributed by atoms with E-state index in [-0.39, 0.29) is 35.6 Å². The molecule has 26 heavy (non-hydrogen) atoms. The molecule has 0 amide bonds. The normalized spacial score (nSPS) is 20.9. The molecule has 1 aliphatic rings. The van der Waals surface area contributed by atoms with Gasteiger partial charge in [-0.05, 0) is 31.9 Å². The van der Waals surface area contributed by atoms with Crippen LogP contribution in [0.15, 0.2) is 23.0 Å². The average molecular weight is 367 g/mol. The smallest absolute Gasteiger partial charge is 0.305 e. The van der Waals surface area contributed by atoms with E-state index in [1.54, 1.807) is 0 Å². The summed E-state index contributed by atoms with van der Waals surface area (Å²) in [4.78, 5) is 38.9. The molecule has 0 saturated carbocycles. The van der Waals surface area contributed by atoms with Crippen molar-refractivity contribution in [3.05, 3.63) is 39.9 Å². The van der Waals surface area contributed by atoms with Gasteiger partial charge in [-0.1, -0.05) is 6.07 Å². The number of hydrogen-bond acceptors (Lipinski definition) is 5. The first kappa shape index (κ1) is 18.2. The Bertz CT molecular complexity index is 928. The van der Waals surface area contributed by atoms with E-state index in [1.807, 2.05) is 0 Å². The molecular formula is C17H16F3N3O3. The second kappa shape index (κ2) is 6.64. The molecule has 0 aliphatic carbocycles. The number of halogens is 3. The molecule has 3 rings (SSSR count). The first-order chi connectivity index (χ1) is 12.2. The van der Waals surface area contributed by atoms with Gasteiger partial charge in [-0.15, -0.1) is 0 Å². The Hall–Kier alpha value is -2.55. The number of carbonyl (C=O) groups is 2. The summed E-state index contributed by atoms with van der Waals surface area (Å²) < 4.78 is 40.9. The quantitative estimate of drug-likeness (QED) is 0.661. The van der Waals surface area contributed by atoms with E-state index in [0.717, 1.165) is 6.07 Å². The number of ketones is 1. The molecule has 138 valence electrons. The second-order valence-electron chi connectivity index (χ2n) is 6.25. The van der Waals surface area contributed by atoms with Crippen LogP contribution in [0.25, 0.3) is 10.9 Å². The summed E-state index contributed by atoms with van der Waals surface area (Å²) in [6.07, 6.45) is -3.56. The van der Waals surface area contributed by atoms with E-state index in [9.17, 15) is 27.6 Å². The van der Waals surface area contributed by atoms with Crippen molar-refractivity contribution >= 4 is 23.0 Å². The van der Waals surface area contributed by atoms with Gasteiger partial charge in [-0.2, -0.15) is 13.2 Å². The van der Waals surface area contributed by atoms with Crippen molar-refractivity contribution < 1.29 is 22.8 Å². The van der Waals surface area contributed by atoms with Crippen LogP contribution in [0.1, 0.15) is 30.3 Å². The van der Waals surface area contributed by atoms with Gasteiger partial charge in [-0.3, -0.25) is 19.0 Å². The lowest BCUT2D eigenvalue weighted by Crippen LogP contribution is -2.47. The van der Waals surface area contributed by atoms with Crippen LogP contribution in [0, 0.1) is 6.92 Å². The molecule has 2 aromatic rings. The SMILES string of the molecule is Cc1nc2c(C(F)(F)F)cccc2c(=O)n1C1CCC(C(=O)C=O)NC1. The van der Waals surface area contributed by atoms with Crippen molar-refractivity contribution in [1.29, 1.82) is 0 Å². The predicted molar refractivity (Wildman–Crippen MR) is 86.9 cm³/mol. The molecule has 1 saturated heterocycles. The molecule has 6 nitrogen and oxygen atoms in total. The number of nitrogens with one attached hydrogen (secondary N) is 1. The number of rotatable bonds is 3. The van der Waals surface area contributed by atoms with E-state index in [4.69, 9.17) is 0 Å². The number of Topliss-reactive ketones (excluding diaryl/α,β-unsaturated/α-hetero) is 1. The monoisotopic (exact) mass is 367 g/mol. The van der Waals surface area contributed by atoms with E-state index in [2.05, 4.69) is 10.3 Å². The Labute approximate surface area is 146 Å². The number of alkyl halides is 3. The van der Waals surface area contributed by atoms with Crippen LogP contribution in [-0.4, -0.2) is 34.2 Å². The maximum atomic E-state index is 13.2. The third-order valence-corrected chi connectivity index (χ3v) is 4.63. The summed E-state index contributed by atoms with van der Waals surface area (Å²) in [5, 5.41) is 2.81. The molecule has 0 spiro atoms. The lowest BCUT2D eigenvalue weighted by molar-refractivity contribution is -0.136. The van der Waals surface area contributed by atoms with Crippen LogP contribution in [0.5, 0.6) is 0 Å². The first-order valence-corrected chi connectivity index (χ1v) is 8.05. The van der Waals surface area contributed by atoms with Gasteiger partial charge in [0.2, 0.25) is 5.78 Å². The molecule has 0 radical (unpaired) electrons. The molecule has 1 aromatic carbocycles. The van der Waals surface area contributed by atoms with Gasteiger partial charge in [0.15, 0.2) is 6.29 Å². The molecule has 2 unspecified atom stereocenters. The lowest BCUT2D eigenvalue weighted by atomic mass is 9.97. The highest BCUT2D eigenvalue weighted by Crippen LogP contribution is 2.33. The number of nitrogens with zero attached hydrogens (tertiary/aromatic N) is 2. The molecule has 1 fully saturated rings. The number of hydrogen-bond donors (Lipinski definition) is 1. The lowest BCUT2D eigenvalue weighted by Gasteiger charge is -2.30. The first-order valence-electron chi connectivity index (χ1n) is 8.05. The molecule has 0 bridgehead atoms. The zero-order valence-corrected chi connectivity index (χ0v) is 13.8. The van der Waals surface area contributed by atoms with Crippen LogP contribution >= 0.6 is 0 Å². The Morgan fingerprint density at radius 1 is 1.35 bits per heavy atom. The summed E-state index contributed by atoms with van der Waals surface area (Å²) in [5.74, 6) is -0.384. The molecule has 1 aliphatic heterocycles. The number of aryl methyl sites for hydroxylation is 1. The van der Waals surface area contributed by atoms with Crippen molar-refractivity contribution in [2.24, 2.45) is 0 Å². The third-order valence-electron chi connectivity index (χ3n) is 4.63. The number of aldehydes is 1. The standard InChI is InChI=1S/C17H16F3N3O3/c1-9-22-15-11(3-2-4-12(15)17(18,19)20)16(26)23(9)10-5-6-13(21-7-10)14(25)8-24/h2-4,8,10,13,21H,5-7H2,1H3. The average Bonchev–Trinajstić information content (AvgIpc) is 2.60. The van der Waals surface area contributed by atoms with Gasteiger partial charge in [-0.25, -0.2) is 4.98 Å². The summed E-state index contributed by atoms with van der Waals surface area (Å²) in [5.41, 5.74) is -1.86. The number of fused-ring (bicyclic) bond motifs is 1. The van der Waals surface area contributed by atoms with Crippen LogP contribution < -0.4 is 10.9 Å². The Kier molecular flexibility index (Phi) is 4.66. The Balaban J connectivity index is 2.03. The fraction of sp³-hybridized carbons (Fsp3) is 0.412. The third kappa shape index (κ3) is 3.14. The maximum absolute atomic E-state index is 13.2. The van der Waals surface area contributed by atoms with Crippen molar-refractivity contribution in [2.45, 2.75) is 38.0 Å².